The Morgan fingerprint density at radius 1 is 1.10 bits per heavy atom. The normalized spacial score (nSPS) is 10.1. The van der Waals surface area contributed by atoms with Crippen molar-refractivity contribution in [2.24, 2.45) is 0 Å². The Balaban J connectivity index is 2.20. The van der Waals surface area contributed by atoms with Crippen LogP contribution in [0.1, 0.15) is 19.8 Å². The predicted octanol–water partition coefficient (Wildman–Crippen LogP) is 4.87. The van der Waals surface area contributed by atoms with E-state index in [1.165, 1.54) is 0 Å². The van der Waals surface area contributed by atoms with Gasteiger partial charge in [-0.15, -0.1) is 0 Å². The fourth-order valence-electron chi connectivity index (χ4n) is 1.74. The summed E-state index contributed by atoms with van der Waals surface area (Å²) in [7, 11) is 0. The van der Waals surface area contributed by atoms with Crippen LogP contribution < -0.4 is 10.1 Å². The number of anilines is 1. The molecule has 1 N–H and O–H groups in total. The van der Waals surface area contributed by atoms with Gasteiger partial charge in [-0.25, -0.2) is 0 Å². The van der Waals surface area contributed by atoms with Crippen molar-refractivity contribution in [1.29, 1.82) is 0 Å². The van der Waals surface area contributed by atoms with Gasteiger partial charge in [0.25, 0.3) is 0 Å². The third-order valence-electron chi connectivity index (χ3n) is 2.69. The molecule has 3 nitrogen and oxygen atoms in total. The highest BCUT2D eigenvalue weighted by atomic mass is 35.5. The van der Waals surface area contributed by atoms with E-state index in [1.807, 2.05) is 31.2 Å². The van der Waals surface area contributed by atoms with Crippen LogP contribution in [0.4, 0.5) is 5.69 Å². The lowest BCUT2D eigenvalue weighted by molar-refractivity contribution is -0.116. The summed E-state index contributed by atoms with van der Waals surface area (Å²) < 4.78 is 5.77. The zero-order valence-corrected chi connectivity index (χ0v) is 12.0. The molecule has 0 fully saturated rings. The summed E-state index contributed by atoms with van der Waals surface area (Å²) in [5.74, 6) is 1.11. The molecule has 0 saturated carbocycles. The van der Waals surface area contributed by atoms with Gasteiger partial charge in [0, 0.05) is 6.42 Å². The fourth-order valence-corrected chi connectivity index (χ4v) is 1.92. The molecule has 0 radical (unpaired) electrons. The van der Waals surface area contributed by atoms with Crippen LogP contribution in [0.25, 0.3) is 0 Å². The largest absolute Gasteiger partial charge is 0.454 e. The molecule has 2 rings (SSSR count). The van der Waals surface area contributed by atoms with Crippen molar-refractivity contribution in [2.45, 2.75) is 19.8 Å². The van der Waals surface area contributed by atoms with Gasteiger partial charge >= 0.3 is 0 Å². The molecule has 0 aliphatic rings. The molecule has 20 heavy (non-hydrogen) atoms. The molecule has 104 valence electrons. The summed E-state index contributed by atoms with van der Waals surface area (Å²) in [6.45, 7) is 1.96. The van der Waals surface area contributed by atoms with Crippen LogP contribution in [-0.4, -0.2) is 5.91 Å². The third-order valence-corrected chi connectivity index (χ3v) is 3.01. The molecule has 0 bridgehead atoms. The van der Waals surface area contributed by atoms with Crippen LogP contribution in [0.3, 0.4) is 0 Å². The topological polar surface area (TPSA) is 38.3 Å². The first-order valence-corrected chi connectivity index (χ1v) is 6.89. The smallest absolute Gasteiger partial charge is 0.224 e. The standard InChI is InChI=1S/C16H16ClNO2/c1-2-7-16(19)18-13-9-4-6-11-15(13)20-14-10-5-3-8-12(14)17/h3-6,8-11H,2,7H2,1H3,(H,18,19). The number of nitrogens with one attached hydrogen (secondary N) is 1. The van der Waals surface area contributed by atoms with E-state index in [2.05, 4.69) is 5.32 Å². The van der Waals surface area contributed by atoms with Crippen LogP contribution in [0, 0.1) is 0 Å². The number of carbonyl (C=O) groups is 1. The van der Waals surface area contributed by atoms with Crippen LogP contribution in [-0.2, 0) is 4.79 Å². The zero-order valence-electron chi connectivity index (χ0n) is 11.2. The van der Waals surface area contributed by atoms with Gasteiger partial charge in [-0.1, -0.05) is 42.8 Å². The van der Waals surface area contributed by atoms with E-state index < -0.39 is 0 Å². The van der Waals surface area contributed by atoms with E-state index in [9.17, 15) is 4.79 Å². The SMILES string of the molecule is CCCC(=O)Nc1ccccc1Oc1ccccc1Cl. The van der Waals surface area contributed by atoms with Gasteiger partial charge in [-0.2, -0.15) is 0 Å². The second-order valence-corrected chi connectivity index (χ2v) is 4.73. The number of rotatable bonds is 5. The maximum Gasteiger partial charge on any atom is 0.224 e. The Morgan fingerprint density at radius 2 is 1.75 bits per heavy atom. The number of hydrogen-bond acceptors (Lipinski definition) is 2. The lowest BCUT2D eigenvalue weighted by Gasteiger charge is -2.12. The van der Waals surface area contributed by atoms with Crippen LogP contribution in [0.5, 0.6) is 11.5 Å². The van der Waals surface area contributed by atoms with Gasteiger partial charge in [0.15, 0.2) is 5.75 Å². The fraction of sp³-hybridized carbons (Fsp3) is 0.188. The van der Waals surface area contributed by atoms with Crippen molar-refractivity contribution in [1.82, 2.24) is 0 Å². The summed E-state index contributed by atoms with van der Waals surface area (Å²) in [6, 6.07) is 14.5. The number of hydrogen-bond donors (Lipinski definition) is 1. The summed E-state index contributed by atoms with van der Waals surface area (Å²) in [4.78, 5) is 11.7. The van der Waals surface area contributed by atoms with E-state index >= 15 is 0 Å². The number of amides is 1. The van der Waals surface area contributed by atoms with Crippen LogP contribution >= 0.6 is 11.6 Å². The average Bonchev–Trinajstić information content (AvgIpc) is 2.44. The molecule has 2 aromatic carbocycles. The Morgan fingerprint density at radius 3 is 2.45 bits per heavy atom. The minimum absolute atomic E-state index is 0.0253. The van der Waals surface area contributed by atoms with Crippen LogP contribution in [0.2, 0.25) is 5.02 Å². The lowest BCUT2D eigenvalue weighted by atomic mass is 10.2. The van der Waals surface area contributed by atoms with Gasteiger partial charge in [-0.05, 0) is 30.7 Å². The third kappa shape index (κ3) is 3.75. The van der Waals surface area contributed by atoms with Crippen molar-refractivity contribution < 1.29 is 9.53 Å². The van der Waals surface area contributed by atoms with Gasteiger partial charge in [0.05, 0.1) is 10.7 Å². The molecule has 4 heteroatoms. The number of halogens is 1. The molecule has 2 aromatic rings. The highest BCUT2D eigenvalue weighted by Gasteiger charge is 2.09. The van der Waals surface area contributed by atoms with Crippen LogP contribution in [0.15, 0.2) is 48.5 Å². The molecule has 0 atom stereocenters. The molecule has 0 saturated heterocycles. The molecule has 0 aliphatic heterocycles. The Kier molecular flexibility index (Phi) is 5.02. The maximum atomic E-state index is 11.7. The quantitative estimate of drug-likeness (QED) is 0.852. The average molecular weight is 290 g/mol. The van der Waals surface area contributed by atoms with Crippen molar-refractivity contribution in [3.05, 3.63) is 53.6 Å². The zero-order chi connectivity index (χ0) is 14.4. The summed E-state index contributed by atoms with van der Waals surface area (Å²) in [6.07, 6.45) is 1.29. The van der Waals surface area contributed by atoms with E-state index in [4.69, 9.17) is 16.3 Å². The minimum Gasteiger partial charge on any atom is -0.454 e. The number of carbonyl (C=O) groups excluding carboxylic acids is 1. The van der Waals surface area contributed by atoms with Gasteiger partial charge in [0.1, 0.15) is 5.75 Å². The Hall–Kier alpha value is -2.00. The molecular weight excluding hydrogens is 274 g/mol. The Bertz CT molecular complexity index is 599. The predicted molar refractivity (Wildman–Crippen MR) is 81.5 cm³/mol. The highest BCUT2D eigenvalue weighted by molar-refractivity contribution is 6.32. The summed E-state index contributed by atoms with van der Waals surface area (Å²) >= 11 is 6.07. The first kappa shape index (κ1) is 14.4. The lowest BCUT2D eigenvalue weighted by Crippen LogP contribution is -2.11. The molecule has 0 aromatic heterocycles. The second-order valence-electron chi connectivity index (χ2n) is 4.33. The maximum absolute atomic E-state index is 11.7. The Labute approximate surface area is 123 Å². The first-order valence-electron chi connectivity index (χ1n) is 6.52. The van der Waals surface area contributed by atoms with Crippen molar-refractivity contribution in [2.75, 3.05) is 5.32 Å². The van der Waals surface area contributed by atoms with E-state index in [0.29, 0.717) is 28.6 Å². The van der Waals surface area contributed by atoms with Crippen molar-refractivity contribution >= 4 is 23.2 Å². The molecule has 1 amide bonds. The molecule has 0 aliphatic carbocycles. The van der Waals surface area contributed by atoms with Gasteiger partial charge < -0.3 is 10.1 Å². The van der Waals surface area contributed by atoms with E-state index in [0.717, 1.165) is 6.42 Å². The summed E-state index contributed by atoms with van der Waals surface area (Å²) in [5.41, 5.74) is 0.644. The molecule has 0 spiro atoms. The number of ether oxygens (including phenoxy) is 1. The molecule has 0 unspecified atom stereocenters. The monoisotopic (exact) mass is 289 g/mol. The minimum atomic E-state index is -0.0253. The molecular formula is C16H16ClNO2. The summed E-state index contributed by atoms with van der Waals surface area (Å²) in [5, 5.41) is 3.37. The number of para-hydroxylation sites is 3. The van der Waals surface area contributed by atoms with E-state index in [-0.39, 0.29) is 5.91 Å². The number of benzene rings is 2. The van der Waals surface area contributed by atoms with Gasteiger partial charge in [-0.3, -0.25) is 4.79 Å². The van der Waals surface area contributed by atoms with Gasteiger partial charge in [0.2, 0.25) is 5.91 Å². The first-order chi connectivity index (χ1) is 9.70. The van der Waals surface area contributed by atoms with E-state index in [1.54, 1.807) is 24.3 Å². The van der Waals surface area contributed by atoms with Crippen molar-refractivity contribution in [3.63, 3.8) is 0 Å². The highest BCUT2D eigenvalue weighted by Crippen LogP contribution is 2.33. The molecule has 0 heterocycles. The van der Waals surface area contributed by atoms with Crippen molar-refractivity contribution in [3.8, 4) is 11.5 Å². The second kappa shape index (κ2) is 6.96.